The van der Waals surface area contributed by atoms with Crippen LogP contribution in [0.1, 0.15) is 55.8 Å². The molecule has 6 nitrogen and oxygen atoms in total. The fourth-order valence-corrected chi connectivity index (χ4v) is 4.87. The first-order valence-electron chi connectivity index (χ1n) is 11.8. The van der Waals surface area contributed by atoms with Gasteiger partial charge < -0.3 is 10.6 Å². The van der Waals surface area contributed by atoms with Gasteiger partial charge in [-0.2, -0.15) is 5.10 Å². The van der Waals surface area contributed by atoms with Gasteiger partial charge in [0.15, 0.2) is 0 Å². The van der Waals surface area contributed by atoms with E-state index < -0.39 is 0 Å². The second-order valence-corrected chi connectivity index (χ2v) is 9.62. The van der Waals surface area contributed by atoms with Crippen molar-refractivity contribution in [3.05, 3.63) is 42.0 Å². The van der Waals surface area contributed by atoms with Gasteiger partial charge in [0.25, 0.3) is 5.91 Å². The number of fused-ring (bicyclic) bond motifs is 1. The molecule has 7 heteroatoms. The maximum absolute atomic E-state index is 15.1. The van der Waals surface area contributed by atoms with Gasteiger partial charge in [-0.1, -0.05) is 13.3 Å². The number of unbranched alkanes of at least 4 members (excludes halogenated alkanes) is 1. The number of hydrogen-bond acceptors (Lipinski definition) is 4. The molecule has 4 fully saturated rings. The smallest absolute Gasteiger partial charge is 0.255 e. The van der Waals surface area contributed by atoms with E-state index in [-0.39, 0.29) is 17.8 Å². The first-order valence-corrected chi connectivity index (χ1v) is 11.8. The minimum Gasteiger partial charge on any atom is -0.381 e. The van der Waals surface area contributed by atoms with E-state index in [0.717, 1.165) is 43.3 Å². The lowest BCUT2D eigenvalue weighted by Crippen LogP contribution is -2.59. The van der Waals surface area contributed by atoms with Gasteiger partial charge in [-0.25, -0.2) is 4.39 Å². The van der Waals surface area contributed by atoms with E-state index in [1.165, 1.54) is 18.9 Å². The van der Waals surface area contributed by atoms with Crippen molar-refractivity contribution in [3.8, 4) is 11.3 Å². The molecule has 4 saturated carbocycles. The molecule has 0 spiro atoms. The standard InChI is InChI=1S/C25H28FN5O/c1-2-3-7-31-8-6-21(30-31)17-11-18-22(12-20(17)26)27-13-19(25(32)28-16-4-5-16)24(18)29-23-14-9-15(23)10-14/h6,8,11-16,23H,2-5,7,9-10H2,1H3,(H,27,29)(H,28,32). The monoisotopic (exact) mass is 433 g/mol. The first-order chi connectivity index (χ1) is 15.6. The minimum atomic E-state index is -0.349. The molecular formula is C25H28FN5O. The van der Waals surface area contributed by atoms with Gasteiger partial charge in [-0.05, 0) is 56.1 Å². The molecule has 32 heavy (non-hydrogen) atoms. The number of nitrogens with one attached hydrogen (secondary N) is 2. The van der Waals surface area contributed by atoms with Gasteiger partial charge in [0.1, 0.15) is 5.82 Å². The summed E-state index contributed by atoms with van der Waals surface area (Å²) in [5.41, 5.74) is 2.91. The van der Waals surface area contributed by atoms with Gasteiger partial charge in [0.2, 0.25) is 0 Å². The Labute approximate surface area is 186 Å². The zero-order valence-corrected chi connectivity index (χ0v) is 18.3. The van der Waals surface area contributed by atoms with Crippen LogP contribution >= 0.6 is 0 Å². The summed E-state index contributed by atoms with van der Waals surface area (Å²) in [5, 5.41) is 12.1. The van der Waals surface area contributed by atoms with Crippen molar-refractivity contribution in [3.63, 3.8) is 0 Å². The molecule has 0 saturated heterocycles. The highest BCUT2D eigenvalue weighted by atomic mass is 19.1. The number of anilines is 1. The average molecular weight is 434 g/mol. The average Bonchev–Trinajstić information content (AvgIpc) is 3.41. The molecule has 0 aliphatic heterocycles. The Morgan fingerprint density at radius 1 is 1.25 bits per heavy atom. The van der Waals surface area contributed by atoms with Crippen molar-refractivity contribution in [1.82, 2.24) is 20.1 Å². The Bertz CT molecular complexity index is 1190. The number of nitrogens with zero attached hydrogens (tertiary/aromatic N) is 3. The quantitative estimate of drug-likeness (QED) is 0.538. The molecule has 0 unspecified atom stereocenters. The number of pyridine rings is 1. The molecule has 3 aromatic rings. The summed E-state index contributed by atoms with van der Waals surface area (Å²) in [7, 11) is 0. The van der Waals surface area contributed by atoms with Crippen molar-refractivity contribution < 1.29 is 9.18 Å². The third kappa shape index (κ3) is 3.34. The van der Waals surface area contributed by atoms with Crippen molar-refractivity contribution in [2.45, 2.75) is 64.1 Å². The highest BCUT2D eigenvalue weighted by molar-refractivity contribution is 6.08. The van der Waals surface area contributed by atoms with Crippen molar-refractivity contribution in [2.24, 2.45) is 11.8 Å². The second-order valence-electron chi connectivity index (χ2n) is 9.62. The summed E-state index contributed by atoms with van der Waals surface area (Å²) < 4.78 is 16.9. The molecule has 2 heterocycles. The SMILES string of the molecule is CCCCn1ccc(-c2cc3c(NC4C5CC4C5)c(C(=O)NC4CC4)cnc3cc2F)n1. The van der Waals surface area contributed by atoms with Crippen LogP contribution in [-0.4, -0.2) is 32.8 Å². The zero-order chi connectivity index (χ0) is 21.8. The Balaban J connectivity index is 1.42. The van der Waals surface area contributed by atoms with Crippen LogP contribution < -0.4 is 10.6 Å². The molecule has 1 amide bonds. The minimum absolute atomic E-state index is 0.105. The molecule has 4 aliphatic rings. The number of carbonyl (C=O) groups excluding carboxylic acids is 1. The lowest BCUT2D eigenvalue weighted by atomic mass is 9.52. The molecule has 4 aliphatic carbocycles. The molecule has 2 aromatic heterocycles. The second kappa shape index (κ2) is 7.57. The predicted octanol–water partition coefficient (Wildman–Crippen LogP) is 4.75. The lowest BCUT2D eigenvalue weighted by molar-refractivity contribution is -0.00385. The fourth-order valence-electron chi connectivity index (χ4n) is 4.87. The third-order valence-corrected chi connectivity index (χ3v) is 7.31. The van der Waals surface area contributed by atoms with Crippen molar-refractivity contribution >= 4 is 22.5 Å². The van der Waals surface area contributed by atoms with Crippen LogP contribution in [-0.2, 0) is 6.54 Å². The summed E-state index contributed by atoms with van der Waals surface area (Å²) in [4.78, 5) is 17.4. The molecule has 166 valence electrons. The number of aromatic nitrogens is 3. The molecule has 0 atom stereocenters. The number of amides is 1. The van der Waals surface area contributed by atoms with Gasteiger partial charge in [0.05, 0.1) is 22.5 Å². The molecule has 0 radical (unpaired) electrons. The van der Waals surface area contributed by atoms with Crippen LogP contribution in [0, 0.1) is 17.7 Å². The summed E-state index contributed by atoms with van der Waals surface area (Å²) in [6.45, 7) is 2.95. The summed E-state index contributed by atoms with van der Waals surface area (Å²) in [6, 6.07) is 5.79. The van der Waals surface area contributed by atoms with E-state index in [0.29, 0.717) is 40.2 Å². The van der Waals surface area contributed by atoms with E-state index in [9.17, 15) is 4.79 Å². The summed E-state index contributed by atoms with van der Waals surface area (Å²) >= 11 is 0. The number of hydrogen-bond donors (Lipinski definition) is 2. The highest BCUT2D eigenvalue weighted by Crippen LogP contribution is 2.55. The van der Waals surface area contributed by atoms with Gasteiger partial charge in [-0.15, -0.1) is 0 Å². The number of benzene rings is 1. The largest absolute Gasteiger partial charge is 0.381 e. The molecule has 2 N–H and O–H groups in total. The van der Waals surface area contributed by atoms with E-state index in [2.05, 4.69) is 27.6 Å². The Hall–Kier alpha value is -2.96. The first kappa shape index (κ1) is 19.7. The normalized spacial score (nSPS) is 23.5. The van der Waals surface area contributed by atoms with Crippen LogP contribution in [0.5, 0.6) is 0 Å². The molecule has 7 rings (SSSR count). The van der Waals surface area contributed by atoms with Gasteiger partial charge >= 0.3 is 0 Å². The Morgan fingerprint density at radius 2 is 2.06 bits per heavy atom. The van der Waals surface area contributed by atoms with E-state index in [1.807, 2.05) is 23.0 Å². The molecular weight excluding hydrogens is 405 g/mol. The van der Waals surface area contributed by atoms with Crippen LogP contribution in [0.25, 0.3) is 22.2 Å². The van der Waals surface area contributed by atoms with Crippen molar-refractivity contribution in [1.29, 1.82) is 0 Å². The number of rotatable bonds is 8. The number of carbonyl (C=O) groups is 1. The van der Waals surface area contributed by atoms with Crippen LogP contribution in [0.4, 0.5) is 10.1 Å². The maximum Gasteiger partial charge on any atom is 0.255 e. The van der Waals surface area contributed by atoms with E-state index in [4.69, 9.17) is 0 Å². The Kier molecular flexibility index (Phi) is 4.66. The fraction of sp³-hybridized carbons (Fsp3) is 0.480. The van der Waals surface area contributed by atoms with E-state index in [1.54, 1.807) is 6.20 Å². The highest BCUT2D eigenvalue weighted by Gasteiger charge is 2.52. The van der Waals surface area contributed by atoms with E-state index >= 15 is 4.39 Å². The topological polar surface area (TPSA) is 71.8 Å². The van der Waals surface area contributed by atoms with Gasteiger partial charge in [0, 0.05) is 48.0 Å². The molecule has 1 aromatic carbocycles. The number of aryl methyl sites for hydroxylation is 1. The van der Waals surface area contributed by atoms with Crippen LogP contribution in [0.2, 0.25) is 0 Å². The number of halogens is 1. The van der Waals surface area contributed by atoms with Crippen molar-refractivity contribution in [2.75, 3.05) is 5.32 Å². The predicted molar refractivity (Wildman–Crippen MR) is 122 cm³/mol. The third-order valence-electron chi connectivity index (χ3n) is 7.31. The lowest BCUT2D eigenvalue weighted by Gasteiger charge is -2.58. The van der Waals surface area contributed by atoms with Gasteiger partial charge in [-0.3, -0.25) is 14.5 Å². The maximum atomic E-state index is 15.1. The molecule has 2 bridgehead atoms. The zero-order valence-electron chi connectivity index (χ0n) is 18.3. The van der Waals surface area contributed by atoms with Crippen LogP contribution in [0.15, 0.2) is 30.6 Å². The summed E-state index contributed by atoms with van der Waals surface area (Å²) in [6.07, 6.45) is 10.2. The van der Waals surface area contributed by atoms with Crippen LogP contribution in [0.3, 0.4) is 0 Å². The Morgan fingerprint density at radius 3 is 2.75 bits per heavy atom. The summed E-state index contributed by atoms with van der Waals surface area (Å²) in [5.74, 6) is 0.902.